The molecule has 2 aliphatic rings. The van der Waals surface area contributed by atoms with Crippen LogP contribution in [0.5, 0.6) is 5.75 Å². The molecule has 156 valence electrons. The number of fused-ring (bicyclic) bond motifs is 1. The molecule has 2 atom stereocenters. The van der Waals surface area contributed by atoms with Crippen LogP contribution in [0.2, 0.25) is 0 Å². The third-order valence-corrected chi connectivity index (χ3v) is 5.86. The molecule has 4 amide bonds. The molecule has 4 rings (SSSR count). The van der Waals surface area contributed by atoms with Gasteiger partial charge >= 0.3 is 6.03 Å². The van der Waals surface area contributed by atoms with Crippen molar-refractivity contribution in [2.75, 3.05) is 7.11 Å². The summed E-state index contributed by atoms with van der Waals surface area (Å²) >= 11 is 0. The largest absolute Gasteiger partial charge is 0.496 e. The van der Waals surface area contributed by atoms with Crippen molar-refractivity contribution in [1.82, 2.24) is 16.0 Å². The summed E-state index contributed by atoms with van der Waals surface area (Å²) < 4.78 is 5.34. The average Bonchev–Trinajstić information content (AvgIpc) is 3.19. The van der Waals surface area contributed by atoms with Crippen LogP contribution >= 0.6 is 0 Å². The Morgan fingerprint density at radius 3 is 2.50 bits per heavy atom. The number of carbonyl (C=O) groups excluding carboxylic acids is 3. The number of hydrogen-bond donors (Lipinski definition) is 3. The van der Waals surface area contributed by atoms with Gasteiger partial charge in [0.1, 0.15) is 11.3 Å². The van der Waals surface area contributed by atoms with Crippen LogP contribution in [0, 0.1) is 6.92 Å². The van der Waals surface area contributed by atoms with Crippen LogP contribution < -0.4 is 20.7 Å². The van der Waals surface area contributed by atoms with E-state index in [0.29, 0.717) is 0 Å². The maximum absolute atomic E-state index is 12.5. The quantitative estimate of drug-likeness (QED) is 0.663. The van der Waals surface area contributed by atoms with Crippen LogP contribution in [0.15, 0.2) is 36.4 Å². The number of hydrogen-bond acceptors (Lipinski definition) is 4. The molecule has 2 unspecified atom stereocenters. The first kappa shape index (κ1) is 19.9. The Balaban J connectivity index is 1.42. The number of aryl methyl sites for hydroxylation is 1. The van der Waals surface area contributed by atoms with Crippen LogP contribution in [0.4, 0.5) is 4.79 Å². The molecule has 0 saturated carbocycles. The van der Waals surface area contributed by atoms with Crippen molar-refractivity contribution in [2.45, 2.75) is 44.7 Å². The zero-order chi connectivity index (χ0) is 21.5. The second-order valence-corrected chi connectivity index (χ2v) is 8.26. The molecule has 1 aliphatic heterocycles. The van der Waals surface area contributed by atoms with E-state index in [2.05, 4.69) is 40.2 Å². The zero-order valence-corrected chi connectivity index (χ0v) is 17.3. The van der Waals surface area contributed by atoms with Crippen molar-refractivity contribution >= 4 is 17.8 Å². The monoisotopic (exact) mass is 407 g/mol. The van der Waals surface area contributed by atoms with Gasteiger partial charge in [-0.05, 0) is 66.6 Å². The maximum Gasteiger partial charge on any atom is 0.322 e. The number of nitrogens with one attached hydrogen (secondary N) is 3. The van der Waals surface area contributed by atoms with Crippen molar-refractivity contribution in [3.63, 3.8) is 0 Å². The second kappa shape index (κ2) is 7.48. The second-order valence-electron chi connectivity index (χ2n) is 8.26. The minimum absolute atomic E-state index is 0.0240. The predicted molar refractivity (Wildman–Crippen MR) is 112 cm³/mol. The fraction of sp³-hybridized carbons (Fsp3) is 0.348. The average molecular weight is 407 g/mol. The molecule has 2 aromatic rings. The summed E-state index contributed by atoms with van der Waals surface area (Å²) in [5.41, 5.74) is 4.56. The highest BCUT2D eigenvalue weighted by molar-refractivity contribution is 6.08. The Labute approximate surface area is 175 Å². The lowest BCUT2D eigenvalue weighted by molar-refractivity contribution is -0.129. The summed E-state index contributed by atoms with van der Waals surface area (Å²) in [5.74, 6) is 0.138. The Hall–Kier alpha value is -3.35. The smallest absolute Gasteiger partial charge is 0.322 e. The fourth-order valence-corrected chi connectivity index (χ4v) is 4.26. The van der Waals surface area contributed by atoms with Crippen LogP contribution in [0.3, 0.4) is 0 Å². The van der Waals surface area contributed by atoms with Gasteiger partial charge in [0.05, 0.1) is 13.5 Å². The predicted octanol–water partition coefficient (Wildman–Crippen LogP) is 2.24. The van der Waals surface area contributed by atoms with Crippen LogP contribution in [-0.2, 0) is 22.4 Å². The van der Waals surface area contributed by atoms with E-state index < -0.39 is 17.5 Å². The maximum atomic E-state index is 12.5. The lowest BCUT2D eigenvalue weighted by atomic mass is 9.97. The van der Waals surface area contributed by atoms with Crippen molar-refractivity contribution < 1.29 is 19.1 Å². The Morgan fingerprint density at radius 1 is 1.13 bits per heavy atom. The molecule has 1 heterocycles. The third kappa shape index (κ3) is 3.75. The van der Waals surface area contributed by atoms with Crippen molar-refractivity contribution in [1.29, 1.82) is 0 Å². The summed E-state index contributed by atoms with van der Waals surface area (Å²) in [7, 11) is 1.67. The first-order valence-electron chi connectivity index (χ1n) is 9.97. The molecule has 2 aromatic carbocycles. The molecular formula is C23H25N3O4. The summed E-state index contributed by atoms with van der Waals surface area (Å²) in [6, 6.07) is 11.9. The number of urea groups is 1. The van der Waals surface area contributed by atoms with Crippen LogP contribution in [0.1, 0.15) is 30.0 Å². The first-order valence-corrected chi connectivity index (χ1v) is 9.97. The molecule has 1 saturated heterocycles. The Morgan fingerprint density at radius 2 is 1.83 bits per heavy atom. The molecule has 3 N–H and O–H groups in total. The van der Waals surface area contributed by atoms with Crippen molar-refractivity contribution in [3.8, 4) is 16.9 Å². The molecule has 7 heteroatoms. The van der Waals surface area contributed by atoms with Crippen LogP contribution in [0.25, 0.3) is 11.1 Å². The highest BCUT2D eigenvalue weighted by Gasteiger charge is 2.43. The van der Waals surface area contributed by atoms with Crippen molar-refractivity contribution in [2.24, 2.45) is 0 Å². The van der Waals surface area contributed by atoms with E-state index in [1.807, 2.05) is 19.1 Å². The van der Waals surface area contributed by atoms with Gasteiger partial charge in [-0.25, -0.2) is 4.79 Å². The SMILES string of the molecule is COc1ccc(-c2ccc3c(c2)CC(NC(=O)CC2(C)NC(=O)NC2=O)C3)cc1C. The normalized spacial score (nSPS) is 22.3. The Kier molecular flexibility index (Phi) is 4.97. The number of imide groups is 1. The van der Waals surface area contributed by atoms with E-state index in [-0.39, 0.29) is 18.4 Å². The fourth-order valence-electron chi connectivity index (χ4n) is 4.26. The van der Waals surface area contributed by atoms with E-state index in [9.17, 15) is 14.4 Å². The van der Waals surface area contributed by atoms with Gasteiger partial charge in [0.25, 0.3) is 5.91 Å². The first-order chi connectivity index (χ1) is 14.3. The Bertz CT molecular complexity index is 1050. The number of rotatable bonds is 5. The van der Waals surface area contributed by atoms with E-state index in [1.54, 1.807) is 14.0 Å². The minimum atomic E-state index is -1.20. The van der Waals surface area contributed by atoms with Gasteiger partial charge in [-0.15, -0.1) is 0 Å². The van der Waals surface area contributed by atoms with Gasteiger partial charge in [0.15, 0.2) is 0 Å². The van der Waals surface area contributed by atoms with E-state index >= 15 is 0 Å². The highest BCUT2D eigenvalue weighted by atomic mass is 16.5. The lowest BCUT2D eigenvalue weighted by Crippen LogP contribution is -2.49. The minimum Gasteiger partial charge on any atom is -0.496 e. The van der Waals surface area contributed by atoms with Gasteiger partial charge in [0, 0.05) is 6.04 Å². The topological polar surface area (TPSA) is 96.5 Å². The number of ether oxygens (including phenoxy) is 1. The molecule has 0 aromatic heterocycles. The third-order valence-electron chi connectivity index (χ3n) is 5.86. The van der Waals surface area contributed by atoms with Gasteiger partial charge in [0.2, 0.25) is 5.91 Å². The van der Waals surface area contributed by atoms with Gasteiger partial charge in [-0.1, -0.05) is 24.3 Å². The molecule has 30 heavy (non-hydrogen) atoms. The summed E-state index contributed by atoms with van der Waals surface area (Å²) in [4.78, 5) is 35.8. The van der Waals surface area contributed by atoms with Gasteiger partial charge < -0.3 is 15.4 Å². The number of carbonyl (C=O) groups is 3. The molecule has 1 aliphatic carbocycles. The molecular weight excluding hydrogens is 382 g/mol. The summed E-state index contributed by atoms with van der Waals surface area (Å²) in [5, 5.41) is 7.71. The molecule has 7 nitrogen and oxygen atoms in total. The van der Waals surface area contributed by atoms with Gasteiger partial charge in [-0.2, -0.15) is 0 Å². The van der Waals surface area contributed by atoms with Gasteiger partial charge in [-0.3, -0.25) is 14.9 Å². The standard InChI is InChI=1S/C23H25N3O4/c1-13-8-14(6-7-19(13)30-3)15-4-5-16-10-18(11-17(16)9-15)24-20(27)12-23(2)21(28)25-22(29)26-23/h4-9,18H,10-12H2,1-3H3,(H,24,27)(H2,25,26,28,29). The van der Waals surface area contributed by atoms with E-state index in [4.69, 9.17) is 4.74 Å². The summed E-state index contributed by atoms with van der Waals surface area (Å²) in [6.07, 6.45) is 1.39. The zero-order valence-electron chi connectivity index (χ0n) is 17.3. The lowest BCUT2D eigenvalue weighted by Gasteiger charge is -2.21. The van der Waals surface area contributed by atoms with E-state index in [1.165, 1.54) is 11.1 Å². The molecule has 1 fully saturated rings. The summed E-state index contributed by atoms with van der Waals surface area (Å²) in [6.45, 7) is 3.58. The molecule has 0 radical (unpaired) electrons. The molecule has 0 spiro atoms. The number of amides is 4. The number of methoxy groups -OCH3 is 1. The number of benzene rings is 2. The van der Waals surface area contributed by atoms with E-state index in [0.717, 1.165) is 35.3 Å². The highest BCUT2D eigenvalue weighted by Crippen LogP contribution is 2.31. The van der Waals surface area contributed by atoms with Crippen LogP contribution in [-0.4, -0.2) is 36.5 Å². The van der Waals surface area contributed by atoms with Crippen molar-refractivity contribution in [3.05, 3.63) is 53.1 Å². The molecule has 0 bridgehead atoms.